The van der Waals surface area contributed by atoms with Crippen molar-refractivity contribution in [1.82, 2.24) is 4.98 Å². The lowest BCUT2D eigenvalue weighted by molar-refractivity contribution is -0.166. The molecular weight excluding hydrogens is 334 g/mol. The van der Waals surface area contributed by atoms with Crippen molar-refractivity contribution >= 4 is 33.1 Å². The smallest absolute Gasteiger partial charge is 0.245 e. The van der Waals surface area contributed by atoms with E-state index >= 15 is 0 Å². The molecule has 4 rings (SSSR count). The zero-order chi connectivity index (χ0) is 17.8. The third-order valence-electron chi connectivity index (χ3n) is 5.82. The van der Waals surface area contributed by atoms with E-state index in [9.17, 15) is 4.79 Å². The summed E-state index contributed by atoms with van der Waals surface area (Å²) in [5.74, 6) is 0.508. The fourth-order valence-corrected chi connectivity index (χ4v) is 4.76. The Labute approximate surface area is 152 Å². The Kier molecular flexibility index (Phi) is 3.90. The Bertz CT molecular complexity index is 827. The predicted octanol–water partition coefficient (Wildman–Crippen LogP) is 3.64. The number of fused-ring (bicyclic) bond motifs is 1. The number of nitrogens with two attached hydrogens (primary N) is 1. The molecule has 1 heterocycles. The zero-order valence-electron chi connectivity index (χ0n) is 15.0. The van der Waals surface area contributed by atoms with Gasteiger partial charge in [-0.05, 0) is 38.0 Å². The van der Waals surface area contributed by atoms with Crippen LogP contribution < -0.4 is 11.1 Å². The van der Waals surface area contributed by atoms with Gasteiger partial charge in [-0.25, -0.2) is 4.98 Å². The Hall–Kier alpha value is -1.50. The molecule has 2 atom stereocenters. The van der Waals surface area contributed by atoms with Crippen LogP contribution in [-0.4, -0.2) is 29.1 Å². The van der Waals surface area contributed by atoms with Gasteiger partial charge in [0.2, 0.25) is 5.91 Å². The van der Waals surface area contributed by atoms with E-state index in [1.165, 1.54) is 17.8 Å². The molecular formula is C19H25N3O2S. The van der Waals surface area contributed by atoms with Crippen LogP contribution in [0.2, 0.25) is 0 Å². The van der Waals surface area contributed by atoms with Crippen LogP contribution in [0.4, 0.5) is 5.69 Å². The normalized spacial score (nSPS) is 27.9. The molecule has 0 spiro atoms. The molecule has 5 nitrogen and oxygen atoms in total. The number of ether oxygens (including phenoxy) is 1. The van der Waals surface area contributed by atoms with Gasteiger partial charge in [0.15, 0.2) is 0 Å². The van der Waals surface area contributed by atoms with Crippen LogP contribution in [0.15, 0.2) is 18.2 Å². The second kappa shape index (κ2) is 5.76. The number of carbonyl (C=O) groups is 1. The third-order valence-corrected chi connectivity index (χ3v) is 7.01. The number of nitrogens with zero attached hydrogens (tertiary/aromatic N) is 1. The lowest BCUT2D eigenvalue weighted by atomic mass is 9.54. The monoisotopic (exact) mass is 359 g/mol. The van der Waals surface area contributed by atoms with Gasteiger partial charge >= 0.3 is 0 Å². The van der Waals surface area contributed by atoms with Crippen molar-refractivity contribution in [2.45, 2.75) is 57.6 Å². The van der Waals surface area contributed by atoms with Gasteiger partial charge in [-0.1, -0.05) is 13.8 Å². The number of aromatic nitrogens is 1. The average Bonchev–Trinajstić information content (AvgIpc) is 3.34. The van der Waals surface area contributed by atoms with Crippen molar-refractivity contribution in [1.29, 1.82) is 0 Å². The van der Waals surface area contributed by atoms with Crippen molar-refractivity contribution in [3.63, 3.8) is 0 Å². The predicted molar refractivity (Wildman–Crippen MR) is 101 cm³/mol. The number of nitrogens with one attached hydrogen (secondary N) is 1. The van der Waals surface area contributed by atoms with Gasteiger partial charge in [-0.15, -0.1) is 11.3 Å². The van der Waals surface area contributed by atoms with Crippen molar-refractivity contribution in [2.24, 2.45) is 11.1 Å². The number of rotatable bonds is 5. The molecule has 2 aliphatic rings. The van der Waals surface area contributed by atoms with Gasteiger partial charge in [0, 0.05) is 30.0 Å². The van der Waals surface area contributed by atoms with Gasteiger partial charge < -0.3 is 15.8 Å². The number of hydrogen-bond acceptors (Lipinski definition) is 5. The Morgan fingerprint density at radius 3 is 2.84 bits per heavy atom. The summed E-state index contributed by atoms with van der Waals surface area (Å²) in [6, 6.07) is 5.89. The van der Waals surface area contributed by atoms with Gasteiger partial charge in [-0.3, -0.25) is 4.79 Å². The number of amides is 1. The Balaban J connectivity index is 1.51. The molecule has 0 aliphatic heterocycles. The summed E-state index contributed by atoms with van der Waals surface area (Å²) in [6.45, 7) is 6.61. The summed E-state index contributed by atoms with van der Waals surface area (Å²) >= 11 is 1.73. The highest BCUT2D eigenvalue weighted by Gasteiger charge is 2.62. The highest BCUT2D eigenvalue weighted by Crippen LogP contribution is 2.50. The molecule has 3 N–H and O–H groups in total. The molecule has 2 fully saturated rings. The molecule has 1 aromatic heterocycles. The van der Waals surface area contributed by atoms with Crippen LogP contribution in [0.1, 0.15) is 51.0 Å². The molecule has 1 amide bonds. The summed E-state index contributed by atoms with van der Waals surface area (Å²) in [5, 5.41) is 4.22. The minimum Gasteiger partial charge on any atom is -0.378 e. The molecule has 0 bridgehead atoms. The quantitative estimate of drug-likeness (QED) is 0.854. The zero-order valence-corrected chi connectivity index (χ0v) is 15.8. The molecule has 0 radical (unpaired) electrons. The third kappa shape index (κ3) is 2.67. The number of carbonyl (C=O) groups excluding carboxylic acids is 1. The van der Waals surface area contributed by atoms with Gasteiger partial charge in [0.25, 0.3) is 0 Å². The first kappa shape index (κ1) is 16.9. The van der Waals surface area contributed by atoms with Crippen molar-refractivity contribution in [3.05, 3.63) is 23.2 Å². The van der Waals surface area contributed by atoms with Gasteiger partial charge in [-0.2, -0.15) is 0 Å². The fraction of sp³-hybridized carbons (Fsp3) is 0.579. The second-order valence-electron chi connectivity index (χ2n) is 7.80. The molecule has 6 heteroatoms. The topological polar surface area (TPSA) is 77.2 Å². The van der Waals surface area contributed by atoms with Crippen LogP contribution in [0, 0.1) is 5.41 Å². The van der Waals surface area contributed by atoms with E-state index in [0.29, 0.717) is 18.9 Å². The Morgan fingerprint density at radius 1 is 1.44 bits per heavy atom. The molecule has 25 heavy (non-hydrogen) atoms. The molecule has 1 aromatic carbocycles. The van der Waals surface area contributed by atoms with E-state index in [1.54, 1.807) is 11.3 Å². The van der Waals surface area contributed by atoms with E-state index in [2.05, 4.69) is 10.3 Å². The highest BCUT2D eigenvalue weighted by atomic mass is 32.1. The van der Waals surface area contributed by atoms with E-state index in [4.69, 9.17) is 10.5 Å². The van der Waals surface area contributed by atoms with E-state index < -0.39 is 5.54 Å². The largest absolute Gasteiger partial charge is 0.378 e. The maximum absolute atomic E-state index is 12.8. The summed E-state index contributed by atoms with van der Waals surface area (Å²) in [4.78, 5) is 17.5. The number of hydrogen-bond donors (Lipinski definition) is 2. The van der Waals surface area contributed by atoms with Gasteiger partial charge in [0.1, 0.15) is 5.54 Å². The van der Waals surface area contributed by atoms with Crippen LogP contribution in [0.3, 0.4) is 0 Å². The van der Waals surface area contributed by atoms with Crippen LogP contribution >= 0.6 is 11.3 Å². The first-order valence-corrected chi connectivity index (χ1v) is 9.79. The number of anilines is 1. The molecule has 2 aliphatic carbocycles. The van der Waals surface area contributed by atoms with Gasteiger partial charge in [0.05, 0.1) is 21.3 Å². The minimum absolute atomic E-state index is 0.0262. The van der Waals surface area contributed by atoms with Crippen LogP contribution in [-0.2, 0) is 9.53 Å². The summed E-state index contributed by atoms with van der Waals surface area (Å²) in [6.07, 6.45) is 3.07. The lowest BCUT2D eigenvalue weighted by Gasteiger charge is -2.57. The fourth-order valence-electron chi connectivity index (χ4n) is 3.59. The molecule has 2 saturated carbocycles. The van der Waals surface area contributed by atoms with Crippen molar-refractivity contribution in [3.8, 4) is 0 Å². The molecule has 2 unspecified atom stereocenters. The Morgan fingerprint density at radius 2 is 2.20 bits per heavy atom. The standard InChI is InChI=1S/C19H25N3O2S/c1-4-24-15-10-19(20,18(15,2)3)17(23)21-12-7-8-13-14(9-12)25-16(22-13)11-5-6-11/h7-9,11,15H,4-6,10,20H2,1-3H3,(H,21,23). The average molecular weight is 359 g/mol. The number of thiazole rings is 1. The maximum Gasteiger partial charge on any atom is 0.245 e. The first-order valence-electron chi connectivity index (χ1n) is 8.97. The SMILES string of the molecule is CCOC1CC(N)(C(=O)Nc2ccc3nc(C4CC4)sc3c2)C1(C)C. The van der Waals surface area contributed by atoms with Crippen LogP contribution in [0.25, 0.3) is 10.2 Å². The molecule has 0 saturated heterocycles. The van der Waals surface area contributed by atoms with E-state index in [1.807, 2.05) is 39.0 Å². The first-order chi connectivity index (χ1) is 11.8. The van der Waals surface area contributed by atoms with Crippen molar-refractivity contribution < 1.29 is 9.53 Å². The lowest BCUT2D eigenvalue weighted by Crippen LogP contribution is -2.74. The molecule has 2 aromatic rings. The summed E-state index contributed by atoms with van der Waals surface area (Å²) in [7, 11) is 0. The number of benzene rings is 1. The van der Waals surface area contributed by atoms with E-state index in [-0.39, 0.29) is 17.4 Å². The minimum atomic E-state index is -0.908. The maximum atomic E-state index is 12.8. The molecule has 134 valence electrons. The second-order valence-corrected chi connectivity index (χ2v) is 8.87. The summed E-state index contributed by atoms with van der Waals surface area (Å²) < 4.78 is 6.83. The van der Waals surface area contributed by atoms with Crippen LogP contribution in [0.5, 0.6) is 0 Å². The van der Waals surface area contributed by atoms with Crippen molar-refractivity contribution in [2.75, 3.05) is 11.9 Å². The summed E-state index contributed by atoms with van der Waals surface area (Å²) in [5.41, 5.74) is 6.95. The van der Waals surface area contributed by atoms with E-state index in [0.717, 1.165) is 15.9 Å². The highest BCUT2D eigenvalue weighted by molar-refractivity contribution is 7.18.